The number of rotatable bonds is 2. The molecule has 0 aliphatic heterocycles. The van der Waals surface area contributed by atoms with Gasteiger partial charge in [0, 0.05) is 10.6 Å². The van der Waals surface area contributed by atoms with E-state index in [1.54, 1.807) is 6.33 Å². The van der Waals surface area contributed by atoms with Crippen molar-refractivity contribution in [1.82, 2.24) is 19.9 Å². The van der Waals surface area contributed by atoms with Gasteiger partial charge in [-0.05, 0) is 24.6 Å². The van der Waals surface area contributed by atoms with Gasteiger partial charge in [-0.1, -0.05) is 17.8 Å². The van der Waals surface area contributed by atoms with E-state index in [1.165, 1.54) is 23.7 Å². The van der Waals surface area contributed by atoms with Crippen LogP contribution in [0.2, 0.25) is 0 Å². The topological polar surface area (TPSA) is 80.5 Å². The Labute approximate surface area is 108 Å². The maximum atomic E-state index is 5.97. The van der Waals surface area contributed by atoms with Crippen LogP contribution >= 0.6 is 11.8 Å². The molecule has 0 saturated carbocycles. The summed E-state index contributed by atoms with van der Waals surface area (Å²) in [4.78, 5) is 16.5. The molecule has 2 aromatic heterocycles. The Morgan fingerprint density at radius 2 is 2.11 bits per heavy atom. The molecule has 6 heteroatoms. The molecule has 2 heterocycles. The van der Waals surface area contributed by atoms with Gasteiger partial charge >= 0.3 is 0 Å². The second-order valence-corrected chi connectivity index (χ2v) is 4.95. The van der Waals surface area contributed by atoms with Crippen molar-refractivity contribution in [3.63, 3.8) is 0 Å². The van der Waals surface area contributed by atoms with Crippen LogP contribution in [0.25, 0.3) is 11.2 Å². The van der Waals surface area contributed by atoms with Crippen molar-refractivity contribution < 1.29 is 0 Å². The summed E-state index contributed by atoms with van der Waals surface area (Å²) in [5.74, 6) is 0. The third-order valence-electron chi connectivity index (χ3n) is 2.56. The number of hydrogen-bond acceptors (Lipinski definition) is 5. The second kappa shape index (κ2) is 4.30. The van der Waals surface area contributed by atoms with E-state index in [-0.39, 0.29) is 0 Å². The van der Waals surface area contributed by atoms with Gasteiger partial charge in [-0.2, -0.15) is 0 Å². The highest BCUT2D eigenvalue weighted by Crippen LogP contribution is 2.33. The lowest BCUT2D eigenvalue weighted by Crippen LogP contribution is -1.91. The number of fused-ring (bicyclic) bond motifs is 1. The number of hydrogen-bond donors (Lipinski definition) is 2. The summed E-state index contributed by atoms with van der Waals surface area (Å²) in [6.45, 7) is 2.04. The Morgan fingerprint density at radius 1 is 1.22 bits per heavy atom. The van der Waals surface area contributed by atoms with E-state index >= 15 is 0 Å². The lowest BCUT2D eigenvalue weighted by molar-refractivity contribution is 1.08. The number of aryl methyl sites for hydroxylation is 1. The van der Waals surface area contributed by atoms with Crippen LogP contribution in [0.1, 0.15) is 5.56 Å². The van der Waals surface area contributed by atoms with Crippen LogP contribution in [-0.2, 0) is 0 Å². The maximum absolute atomic E-state index is 5.97. The third kappa shape index (κ3) is 1.91. The van der Waals surface area contributed by atoms with Gasteiger partial charge in [-0.3, -0.25) is 0 Å². The molecule has 3 rings (SSSR count). The average Bonchev–Trinajstić information content (AvgIpc) is 2.83. The van der Waals surface area contributed by atoms with E-state index in [0.29, 0.717) is 5.65 Å². The molecule has 0 unspecified atom stereocenters. The summed E-state index contributed by atoms with van der Waals surface area (Å²) in [5, 5.41) is 0.829. The molecule has 0 saturated heterocycles. The van der Waals surface area contributed by atoms with Gasteiger partial charge in [0.05, 0.1) is 6.33 Å². The normalized spacial score (nSPS) is 10.9. The quantitative estimate of drug-likeness (QED) is 0.544. The molecule has 5 nitrogen and oxygen atoms in total. The highest BCUT2D eigenvalue weighted by atomic mass is 32.2. The van der Waals surface area contributed by atoms with Crippen LogP contribution in [0, 0.1) is 6.92 Å². The van der Waals surface area contributed by atoms with E-state index < -0.39 is 0 Å². The van der Waals surface area contributed by atoms with Crippen molar-refractivity contribution in [2.24, 2.45) is 0 Å². The number of H-pyrrole nitrogens is 1. The van der Waals surface area contributed by atoms with Gasteiger partial charge < -0.3 is 10.7 Å². The molecule has 1 aromatic carbocycles. The zero-order chi connectivity index (χ0) is 12.5. The monoisotopic (exact) mass is 257 g/mol. The number of aromatic nitrogens is 4. The molecule has 3 aromatic rings. The van der Waals surface area contributed by atoms with Gasteiger partial charge in [-0.25, -0.2) is 15.0 Å². The first-order chi connectivity index (χ1) is 8.74. The molecule has 0 aliphatic carbocycles. The predicted octanol–water partition coefficient (Wildman–Crippen LogP) is 2.39. The highest BCUT2D eigenvalue weighted by Gasteiger charge is 2.09. The van der Waals surface area contributed by atoms with Crippen LogP contribution in [0.5, 0.6) is 0 Å². The smallest absolute Gasteiger partial charge is 0.181 e. The van der Waals surface area contributed by atoms with E-state index in [4.69, 9.17) is 5.73 Å². The molecule has 0 bridgehead atoms. The predicted molar refractivity (Wildman–Crippen MR) is 71.4 cm³/mol. The third-order valence-corrected chi connectivity index (χ3v) is 3.64. The lowest BCUT2D eigenvalue weighted by Gasteiger charge is -2.06. The Morgan fingerprint density at radius 3 is 3.00 bits per heavy atom. The van der Waals surface area contributed by atoms with Gasteiger partial charge in [0.2, 0.25) is 0 Å². The van der Waals surface area contributed by atoms with E-state index in [9.17, 15) is 0 Å². The summed E-state index contributed by atoms with van der Waals surface area (Å²) < 4.78 is 0. The number of anilines is 1. The number of nitrogens with one attached hydrogen (secondary N) is 1. The zero-order valence-electron chi connectivity index (χ0n) is 9.71. The number of benzene rings is 1. The fraction of sp³-hybridized carbons (Fsp3) is 0.0833. The van der Waals surface area contributed by atoms with Gasteiger partial charge in [-0.15, -0.1) is 0 Å². The van der Waals surface area contributed by atoms with Gasteiger partial charge in [0.25, 0.3) is 0 Å². The SMILES string of the molecule is Cc1ccc(N)c(Sc2ncnc3nc[nH]c23)c1. The second-order valence-electron chi connectivity index (χ2n) is 3.92. The van der Waals surface area contributed by atoms with Crippen molar-refractivity contribution in [3.05, 3.63) is 36.4 Å². The standard InChI is InChI=1S/C12H11N5S/c1-7-2-3-8(13)9(4-7)18-12-10-11(15-5-14-10)16-6-17-12/h2-6H,13H2,1H3,(H,14,15,16,17). The number of nitrogens with two attached hydrogens (primary N) is 1. The van der Waals surface area contributed by atoms with Crippen LogP contribution in [0.15, 0.2) is 40.8 Å². The first-order valence-corrected chi connectivity index (χ1v) is 6.24. The minimum Gasteiger partial charge on any atom is -0.398 e. The van der Waals surface area contributed by atoms with Crippen LogP contribution < -0.4 is 5.73 Å². The summed E-state index contributed by atoms with van der Waals surface area (Å²) in [5.41, 5.74) is 9.38. The van der Waals surface area contributed by atoms with E-state index in [1.807, 2.05) is 25.1 Å². The van der Waals surface area contributed by atoms with Crippen molar-refractivity contribution in [3.8, 4) is 0 Å². The fourth-order valence-electron chi connectivity index (χ4n) is 1.65. The van der Waals surface area contributed by atoms with E-state index in [2.05, 4.69) is 19.9 Å². The molecule has 0 spiro atoms. The molecule has 90 valence electrons. The van der Waals surface area contributed by atoms with Crippen molar-refractivity contribution in [2.75, 3.05) is 5.73 Å². The molecule has 0 aliphatic rings. The summed E-state index contributed by atoms with van der Waals surface area (Å²) in [6.07, 6.45) is 3.13. The first kappa shape index (κ1) is 11.0. The van der Waals surface area contributed by atoms with Gasteiger partial charge in [0.1, 0.15) is 16.9 Å². The molecule has 18 heavy (non-hydrogen) atoms. The van der Waals surface area contributed by atoms with Crippen LogP contribution in [0.4, 0.5) is 5.69 Å². The summed E-state index contributed by atoms with van der Waals surface area (Å²) >= 11 is 1.52. The fourth-order valence-corrected chi connectivity index (χ4v) is 2.65. The molecule has 0 amide bonds. The lowest BCUT2D eigenvalue weighted by atomic mass is 10.2. The molecule has 3 N–H and O–H groups in total. The number of aromatic amines is 1. The molecule has 0 fully saturated rings. The van der Waals surface area contributed by atoms with Gasteiger partial charge in [0.15, 0.2) is 5.65 Å². The highest BCUT2D eigenvalue weighted by molar-refractivity contribution is 7.99. The van der Waals surface area contributed by atoms with Crippen molar-refractivity contribution in [2.45, 2.75) is 16.8 Å². The number of nitrogens with zero attached hydrogens (tertiary/aromatic N) is 3. The summed E-state index contributed by atoms with van der Waals surface area (Å²) in [7, 11) is 0. The largest absolute Gasteiger partial charge is 0.398 e. The van der Waals surface area contributed by atoms with Crippen LogP contribution in [-0.4, -0.2) is 19.9 Å². The maximum Gasteiger partial charge on any atom is 0.181 e. The molecule has 0 radical (unpaired) electrons. The Balaban J connectivity index is 2.06. The summed E-state index contributed by atoms with van der Waals surface area (Å²) in [6, 6.07) is 5.94. The first-order valence-electron chi connectivity index (χ1n) is 5.42. The Bertz CT molecular complexity index is 707. The average molecular weight is 257 g/mol. The minimum absolute atomic E-state index is 0.665. The van der Waals surface area contributed by atoms with Crippen LogP contribution in [0.3, 0.4) is 0 Å². The van der Waals surface area contributed by atoms with Crippen molar-refractivity contribution in [1.29, 1.82) is 0 Å². The minimum atomic E-state index is 0.665. The molecular weight excluding hydrogens is 246 g/mol. The Hall–Kier alpha value is -2.08. The molecule has 0 atom stereocenters. The number of nitrogen functional groups attached to an aromatic ring is 1. The zero-order valence-corrected chi connectivity index (χ0v) is 10.5. The Kier molecular flexibility index (Phi) is 2.64. The van der Waals surface area contributed by atoms with Crippen molar-refractivity contribution >= 4 is 28.6 Å². The number of imidazole rings is 1. The molecular formula is C12H11N5S. The van der Waals surface area contributed by atoms with E-state index in [0.717, 1.165) is 21.1 Å².